The maximum Gasteiger partial charge on any atom is 0.237 e. The van der Waals surface area contributed by atoms with Gasteiger partial charge in [0.05, 0.1) is 12.6 Å². The van der Waals surface area contributed by atoms with Crippen LogP contribution in [0.25, 0.3) is 0 Å². The van der Waals surface area contributed by atoms with Crippen molar-refractivity contribution in [2.24, 2.45) is 11.7 Å². The van der Waals surface area contributed by atoms with Crippen LogP contribution in [0.4, 0.5) is 0 Å². The first-order chi connectivity index (χ1) is 7.65. The van der Waals surface area contributed by atoms with Crippen LogP contribution in [-0.2, 0) is 5.54 Å². The van der Waals surface area contributed by atoms with Crippen molar-refractivity contribution >= 4 is 0 Å². The van der Waals surface area contributed by atoms with Crippen LogP contribution in [0, 0.1) is 5.92 Å². The molecular weight excluding hydrogens is 202 g/mol. The average Bonchev–Trinajstić information content (AvgIpc) is 2.29. The molecular formula is C12H19N3O. The van der Waals surface area contributed by atoms with Gasteiger partial charge in [0.25, 0.3) is 0 Å². The highest BCUT2D eigenvalue weighted by atomic mass is 16.5. The summed E-state index contributed by atoms with van der Waals surface area (Å²) in [6.45, 7) is 2.24. The van der Waals surface area contributed by atoms with E-state index in [2.05, 4.69) is 16.9 Å². The summed E-state index contributed by atoms with van der Waals surface area (Å²) in [5.74, 6) is 1.21. The van der Waals surface area contributed by atoms with Crippen LogP contribution in [0.5, 0.6) is 5.88 Å². The molecule has 4 nitrogen and oxygen atoms in total. The van der Waals surface area contributed by atoms with Gasteiger partial charge in [0.15, 0.2) is 0 Å². The third kappa shape index (κ3) is 2.02. The quantitative estimate of drug-likeness (QED) is 0.828. The number of ether oxygens (including phenoxy) is 1. The van der Waals surface area contributed by atoms with Gasteiger partial charge < -0.3 is 10.5 Å². The minimum Gasteiger partial charge on any atom is -0.480 e. The number of hydrogen-bond donors (Lipinski definition) is 1. The van der Waals surface area contributed by atoms with Crippen LogP contribution in [0.1, 0.15) is 38.3 Å². The van der Waals surface area contributed by atoms with Gasteiger partial charge in [0, 0.05) is 12.4 Å². The maximum absolute atomic E-state index is 6.46. The molecule has 1 aliphatic carbocycles. The highest BCUT2D eigenvalue weighted by molar-refractivity contribution is 5.26. The zero-order chi connectivity index (χ0) is 11.6. The second kappa shape index (κ2) is 4.37. The number of rotatable bonds is 2. The molecule has 0 aromatic carbocycles. The Kier molecular flexibility index (Phi) is 3.10. The van der Waals surface area contributed by atoms with Gasteiger partial charge in [0.1, 0.15) is 5.69 Å². The molecule has 1 aromatic rings. The lowest BCUT2D eigenvalue weighted by Gasteiger charge is -2.36. The second-order valence-electron chi connectivity index (χ2n) is 4.77. The maximum atomic E-state index is 6.46. The zero-order valence-electron chi connectivity index (χ0n) is 9.94. The smallest absolute Gasteiger partial charge is 0.237 e. The van der Waals surface area contributed by atoms with Crippen LogP contribution in [0.15, 0.2) is 12.4 Å². The summed E-state index contributed by atoms with van der Waals surface area (Å²) in [6, 6.07) is 0. The van der Waals surface area contributed by atoms with Crippen molar-refractivity contribution in [1.82, 2.24) is 9.97 Å². The molecule has 0 saturated heterocycles. The van der Waals surface area contributed by atoms with Crippen molar-refractivity contribution in [3.8, 4) is 5.88 Å². The minimum atomic E-state index is -0.364. The van der Waals surface area contributed by atoms with E-state index in [1.807, 2.05) is 0 Å². The van der Waals surface area contributed by atoms with Crippen molar-refractivity contribution in [3.05, 3.63) is 18.1 Å². The van der Waals surface area contributed by atoms with E-state index in [0.29, 0.717) is 11.8 Å². The Hall–Kier alpha value is -1.16. The normalized spacial score (nSPS) is 30.1. The van der Waals surface area contributed by atoms with Crippen molar-refractivity contribution < 1.29 is 4.74 Å². The Morgan fingerprint density at radius 2 is 2.19 bits per heavy atom. The van der Waals surface area contributed by atoms with Gasteiger partial charge in [-0.2, -0.15) is 0 Å². The first-order valence-electron chi connectivity index (χ1n) is 5.80. The van der Waals surface area contributed by atoms with E-state index in [1.165, 1.54) is 6.42 Å². The number of nitrogens with two attached hydrogens (primary N) is 1. The monoisotopic (exact) mass is 221 g/mol. The topological polar surface area (TPSA) is 61.0 Å². The summed E-state index contributed by atoms with van der Waals surface area (Å²) in [4.78, 5) is 8.54. The molecule has 2 atom stereocenters. The minimum absolute atomic E-state index is 0.364. The molecule has 0 bridgehead atoms. The molecule has 1 saturated carbocycles. The third-order valence-corrected chi connectivity index (χ3v) is 3.36. The molecule has 4 heteroatoms. The van der Waals surface area contributed by atoms with Gasteiger partial charge in [-0.25, -0.2) is 4.98 Å². The molecule has 2 rings (SSSR count). The predicted octanol–water partition coefficient (Wildman–Crippen LogP) is 1.85. The van der Waals surface area contributed by atoms with Crippen LogP contribution >= 0.6 is 0 Å². The molecule has 2 N–H and O–H groups in total. The summed E-state index contributed by atoms with van der Waals surface area (Å²) >= 11 is 0. The second-order valence-corrected chi connectivity index (χ2v) is 4.77. The van der Waals surface area contributed by atoms with E-state index in [-0.39, 0.29) is 5.54 Å². The Balaban J connectivity index is 2.34. The molecule has 0 aliphatic heterocycles. The van der Waals surface area contributed by atoms with E-state index >= 15 is 0 Å². The molecule has 1 fully saturated rings. The molecule has 2 unspecified atom stereocenters. The molecule has 16 heavy (non-hydrogen) atoms. The standard InChI is InChI=1S/C12H19N3O/c1-9-4-3-5-12(13,8-9)10-11(16-2)15-7-6-14-10/h6-7,9H,3-5,8,13H2,1-2H3. The van der Waals surface area contributed by atoms with Crippen molar-refractivity contribution in [2.75, 3.05) is 7.11 Å². The van der Waals surface area contributed by atoms with Crippen molar-refractivity contribution in [1.29, 1.82) is 0 Å². The lowest BCUT2D eigenvalue weighted by atomic mass is 9.75. The summed E-state index contributed by atoms with van der Waals surface area (Å²) in [5, 5.41) is 0. The Morgan fingerprint density at radius 1 is 1.44 bits per heavy atom. The first kappa shape index (κ1) is 11.3. The molecule has 88 valence electrons. The van der Waals surface area contributed by atoms with Gasteiger partial charge in [-0.05, 0) is 18.8 Å². The summed E-state index contributed by atoms with van der Waals surface area (Å²) in [5.41, 5.74) is 6.91. The fourth-order valence-electron chi connectivity index (χ4n) is 2.62. The van der Waals surface area contributed by atoms with Gasteiger partial charge >= 0.3 is 0 Å². The fourth-order valence-corrected chi connectivity index (χ4v) is 2.62. The highest BCUT2D eigenvalue weighted by Gasteiger charge is 2.36. The van der Waals surface area contributed by atoms with Crippen molar-refractivity contribution in [2.45, 2.75) is 38.1 Å². The molecule has 1 heterocycles. The molecule has 1 aliphatic rings. The van der Waals surface area contributed by atoms with E-state index in [0.717, 1.165) is 25.0 Å². The zero-order valence-corrected chi connectivity index (χ0v) is 9.94. The number of nitrogens with zero attached hydrogens (tertiary/aromatic N) is 2. The van der Waals surface area contributed by atoms with Gasteiger partial charge in [-0.15, -0.1) is 0 Å². The van der Waals surface area contributed by atoms with Crippen molar-refractivity contribution in [3.63, 3.8) is 0 Å². The average molecular weight is 221 g/mol. The van der Waals surface area contributed by atoms with Gasteiger partial charge in [-0.1, -0.05) is 19.8 Å². The first-order valence-corrected chi connectivity index (χ1v) is 5.80. The lowest BCUT2D eigenvalue weighted by Crippen LogP contribution is -2.42. The molecule has 0 radical (unpaired) electrons. The highest BCUT2D eigenvalue weighted by Crippen LogP contribution is 2.39. The van der Waals surface area contributed by atoms with Gasteiger partial charge in [-0.3, -0.25) is 4.98 Å². The molecule has 1 aromatic heterocycles. The van der Waals surface area contributed by atoms with E-state index < -0.39 is 0 Å². The fraction of sp³-hybridized carbons (Fsp3) is 0.667. The van der Waals surface area contributed by atoms with E-state index in [9.17, 15) is 0 Å². The summed E-state index contributed by atoms with van der Waals surface area (Å²) < 4.78 is 5.25. The summed E-state index contributed by atoms with van der Waals surface area (Å²) in [7, 11) is 1.61. The van der Waals surface area contributed by atoms with Crippen LogP contribution in [0.2, 0.25) is 0 Å². The predicted molar refractivity (Wildman–Crippen MR) is 62.1 cm³/mol. The summed E-state index contributed by atoms with van der Waals surface area (Å²) in [6.07, 6.45) is 7.65. The molecule has 0 amide bonds. The Labute approximate surface area is 96.2 Å². The molecule has 0 spiro atoms. The van der Waals surface area contributed by atoms with Crippen LogP contribution in [-0.4, -0.2) is 17.1 Å². The van der Waals surface area contributed by atoms with Crippen LogP contribution in [0.3, 0.4) is 0 Å². The number of aromatic nitrogens is 2. The lowest BCUT2D eigenvalue weighted by molar-refractivity contribution is 0.225. The number of hydrogen-bond acceptors (Lipinski definition) is 4. The largest absolute Gasteiger partial charge is 0.480 e. The Morgan fingerprint density at radius 3 is 2.88 bits per heavy atom. The van der Waals surface area contributed by atoms with E-state index in [1.54, 1.807) is 19.5 Å². The number of methoxy groups -OCH3 is 1. The van der Waals surface area contributed by atoms with E-state index in [4.69, 9.17) is 10.5 Å². The SMILES string of the molecule is COc1nccnc1C1(N)CCCC(C)C1. The Bertz CT molecular complexity index is 369. The third-order valence-electron chi connectivity index (χ3n) is 3.36. The van der Waals surface area contributed by atoms with Crippen LogP contribution < -0.4 is 10.5 Å². The van der Waals surface area contributed by atoms with Gasteiger partial charge in [0.2, 0.25) is 5.88 Å².